The smallest absolute Gasteiger partial charge is 0.230 e. The van der Waals surface area contributed by atoms with Crippen molar-refractivity contribution in [2.24, 2.45) is 0 Å². The predicted octanol–water partition coefficient (Wildman–Crippen LogP) is 4.70. The summed E-state index contributed by atoms with van der Waals surface area (Å²) in [5.41, 5.74) is 0.981. The van der Waals surface area contributed by atoms with Crippen LogP contribution in [-0.4, -0.2) is 11.7 Å². The molecule has 0 heterocycles. The van der Waals surface area contributed by atoms with Gasteiger partial charge in [0.05, 0.1) is 11.8 Å². The van der Waals surface area contributed by atoms with Gasteiger partial charge >= 0.3 is 0 Å². The molecule has 0 saturated carbocycles. The third-order valence-electron chi connectivity index (χ3n) is 3.00. The van der Waals surface area contributed by atoms with Gasteiger partial charge in [0.15, 0.2) is 0 Å². The van der Waals surface area contributed by atoms with Gasteiger partial charge in [0.25, 0.3) is 0 Å². The molecule has 0 spiro atoms. The maximum absolute atomic E-state index is 13.5. The first-order valence-electron chi connectivity index (χ1n) is 6.58. The van der Waals surface area contributed by atoms with Crippen molar-refractivity contribution in [2.75, 3.05) is 5.75 Å². The number of hydrogen-bond acceptors (Lipinski definition) is 2. The van der Waals surface area contributed by atoms with E-state index in [1.807, 2.05) is 31.2 Å². The minimum Gasteiger partial charge on any atom is -0.349 e. The van der Waals surface area contributed by atoms with Crippen LogP contribution in [0.15, 0.2) is 51.8 Å². The Morgan fingerprint density at radius 1 is 1.23 bits per heavy atom. The molecule has 0 aromatic heterocycles. The Balaban J connectivity index is 1.88. The van der Waals surface area contributed by atoms with Gasteiger partial charge in [0, 0.05) is 15.4 Å². The molecule has 0 aliphatic carbocycles. The Morgan fingerprint density at radius 2 is 1.91 bits per heavy atom. The van der Waals surface area contributed by atoms with Gasteiger partial charge in [-0.05, 0) is 36.8 Å². The second kappa shape index (κ2) is 7.74. The Hall–Kier alpha value is -1.40. The Morgan fingerprint density at radius 3 is 2.55 bits per heavy atom. The van der Waals surface area contributed by atoms with Gasteiger partial charge in [-0.15, -0.1) is 11.8 Å². The summed E-state index contributed by atoms with van der Waals surface area (Å²) in [4.78, 5) is 12.2. The van der Waals surface area contributed by atoms with E-state index < -0.39 is 11.6 Å². The standard InChI is InChI=1S/C16H14BrF2NOS/c1-10(11-2-4-12(17)5-3-11)20-16(21)9-22-15-7-6-13(18)8-14(15)19/h2-8,10H,9H2,1H3,(H,20,21)/t10-/m1/s1. The van der Waals surface area contributed by atoms with Gasteiger partial charge in [-0.1, -0.05) is 28.1 Å². The van der Waals surface area contributed by atoms with Crippen LogP contribution < -0.4 is 5.32 Å². The first-order valence-corrected chi connectivity index (χ1v) is 8.36. The summed E-state index contributed by atoms with van der Waals surface area (Å²) < 4.78 is 27.2. The number of hydrogen-bond donors (Lipinski definition) is 1. The lowest BCUT2D eigenvalue weighted by Crippen LogP contribution is -2.28. The average Bonchev–Trinajstić information content (AvgIpc) is 2.47. The van der Waals surface area contributed by atoms with E-state index in [9.17, 15) is 13.6 Å². The van der Waals surface area contributed by atoms with E-state index in [2.05, 4.69) is 21.2 Å². The maximum atomic E-state index is 13.5. The van der Waals surface area contributed by atoms with Crippen molar-refractivity contribution in [3.8, 4) is 0 Å². The van der Waals surface area contributed by atoms with E-state index in [1.165, 1.54) is 12.1 Å². The van der Waals surface area contributed by atoms with Crippen molar-refractivity contribution in [1.82, 2.24) is 5.32 Å². The van der Waals surface area contributed by atoms with Crippen LogP contribution in [0.3, 0.4) is 0 Å². The molecule has 1 N–H and O–H groups in total. The summed E-state index contributed by atoms with van der Waals surface area (Å²) in [6.07, 6.45) is 0. The van der Waals surface area contributed by atoms with E-state index in [0.29, 0.717) is 0 Å². The molecule has 1 atom stereocenters. The minimum atomic E-state index is -0.654. The summed E-state index contributed by atoms with van der Waals surface area (Å²) in [7, 11) is 0. The van der Waals surface area contributed by atoms with Gasteiger partial charge in [-0.3, -0.25) is 4.79 Å². The van der Waals surface area contributed by atoms with Crippen LogP contribution in [0.4, 0.5) is 8.78 Å². The number of nitrogens with one attached hydrogen (secondary N) is 1. The fourth-order valence-electron chi connectivity index (χ4n) is 1.85. The van der Waals surface area contributed by atoms with Crippen LogP contribution in [0.25, 0.3) is 0 Å². The zero-order valence-electron chi connectivity index (χ0n) is 11.8. The largest absolute Gasteiger partial charge is 0.349 e. The molecule has 0 radical (unpaired) electrons. The molecule has 0 saturated heterocycles. The van der Waals surface area contributed by atoms with Crippen LogP contribution >= 0.6 is 27.7 Å². The molecule has 0 bridgehead atoms. The summed E-state index contributed by atoms with van der Waals surface area (Å²) in [5.74, 6) is -1.42. The van der Waals surface area contributed by atoms with Gasteiger partial charge < -0.3 is 5.32 Å². The van der Waals surface area contributed by atoms with Gasteiger partial charge in [-0.25, -0.2) is 8.78 Å². The summed E-state index contributed by atoms with van der Waals surface area (Å²) in [6, 6.07) is 10.8. The monoisotopic (exact) mass is 385 g/mol. The third kappa shape index (κ3) is 4.81. The van der Waals surface area contributed by atoms with Crippen molar-refractivity contribution in [3.05, 3.63) is 64.1 Å². The molecule has 0 unspecified atom stereocenters. The first-order chi connectivity index (χ1) is 10.5. The summed E-state index contributed by atoms with van der Waals surface area (Å²) >= 11 is 4.40. The second-order valence-electron chi connectivity index (χ2n) is 4.70. The lowest BCUT2D eigenvalue weighted by Gasteiger charge is -2.14. The van der Waals surface area contributed by atoms with Gasteiger partial charge in [-0.2, -0.15) is 0 Å². The first kappa shape index (κ1) is 17.0. The molecular formula is C16H14BrF2NOS. The maximum Gasteiger partial charge on any atom is 0.230 e. The molecule has 0 aliphatic heterocycles. The molecule has 2 rings (SSSR count). The second-order valence-corrected chi connectivity index (χ2v) is 6.64. The number of thioether (sulfide) groups is 1. The van der Waals surface area contributed by atoms with E-state index in [4.69, 9.17) is 0 Å². The molecule has 2 nitrogen and oxygen atoms in total. The Kier molecular flexibility index (Phi) is 5.97. The lowest BCUT2D eigenvalue weighted by molar-refractivity contribution is -0.119. The lowest BCUT2D eigenvalue weighted by atomic mass is 10.1. The van der Waals surface area contributed by atoms with Crippen LogP contribution in [0, 0.1) is 11.6 Å². The Bertz CT molecular complexity index is 664. The molecule has 116 valence electrons. The van der Waals surface area contributed by atoms with Crippen molar-refractivity contribution >= 4 is 33.6 Å². The van der Waals surface area contributed by atoms with E-state index >= 15 is 0 Å². The Labute approximate surface area is 140 Å². The van der Waals surface area contributed by atoms with Crippen LogP contribution in [0.1, 0.15) is 18.5 Å². The molecule has 1 amide bonds. The number of carbonyl (C=O) groups is 1. The summed E-state index contributed by atoms with van der Waals surface area (Å²) in [6.45, 7) is 1.88. The highest BCUT2D eigenvalue weighted by Crippen LogP contribution is 2.22. The molecule has 2 aromatic rings. The highest BCUT2D eigenvalue weighted by molar-refractivity contribution is 9.10. The SMILES string of the molecule is C[C@@H](NC(=O)CSc1ccc(F)cc1F)c1ccc(Br)cc1. The zero-order valence-corrected chi connectivity index (χ0v) is 14.2. The fraction of sp³-hybridized carbons (Fsp3) is 0.188. The number of rotatable bonds is 5. The number of amides is 1. The van der Waals surface area contributed by atoms with E-state index in [-0.39, 0.29) is 22.6 Å². The van der Waals surface area contributed by atoms with Crippen LogP contribution in [0.5, 0.6) is 0 Å². The third-order valence-corrected chi connectivity index (χ3v) is 4.58. The van der Waals surface area contributed by atoms with Crippen molar-refractivity contribution in [2.45, 2.75) is 17.9 Å². The van der Waals surface area contributed by atoms with Crippen LogP contribution in [-0.2, 0) is 4.79 Å². The van der Waals surface area contributed by atoms with Crippen molar-refractivity contribution < 1.29 is 13.6 Å². The molecule has 22 heavy (non-hydrogen) atoms. The molecule has 0 fully saturated rings. The predicted molar refractivity (Wildman–Crippen MR) is 87.8 cm³/mol. The highest BCUT2D eigenvalue weighted by Gasteiger charge is 2.11. The molecular weight excluding hydrogens is 372 g/mol. The van der Waals surface area contributed by atoms with Gasteiger partial charge in [0.1, 0.15) is 11.6 Å². The van der Waals surface area contributed by atoms with Crippen LogP contribution in [0.2, 0.25) is 0 Å². The minimum absolute atomic E-state index is 0.0728. The normalized spacial score (nSPS) is 12.0. The van der Waals surface area contributed by atoms with E-state index in [1.54, 1.807) is 0 Å². The topological polar surface area (TPSA) is 29.1 Å². The van der Waals surface area contributed by atoms with E-state index in [0.717, 1.165) is 27.9 Å². The fourth-order valence-corrected chi connectivity index (χ4v) is 2.85. The number of benzene rings is 2. The number of carbonyl (C=O) groups excluding carboxylic acids is 1. The quantitative estimate of drug-likeness (QED) is 0.755. The molecule has 6 heteroatoms. The molecule has 0 aliphatic rings. The van der Waals surface area contributed by atoms with Crippen molar-refractivity contribution in [3.63, 3.8) is 0 Å². The summed E-state index contributed by atoms with van der Waals surface area (Å²) in [5, 5.41) is 2.85. The molecule has 2 aromatic carbocycles. The van der Waals surface area contributed by atoms with Crippen molar-refractivity contribution in [1.29, 1.82) is 0 Å². The van der Waals surface area contributed by atoms with Gasteiger partial charge in [0.2, 0.25) is 5.91 Å². The highest BCUT2D eigenvalue weighted by atomic mass is 79.9. The average molecular weight is 386 g/mol. The zero-order chi connectivity index (χ0) is 16.1. The number of halogens is 3.